The first-order valence-electron chi connectivity index (χ1n) is 10.1. The highest BCUT2D eigenvalue weighted by Gasteiger charge is 2.27. The molecule has 2 rings (SSSR count). The van der Waals surface area contributed by atoms with E-state index in [-0.39, 0.29) is 11.5 Å². The van der Waals surface area contributed by atoms with Crippen molar-refractivity contribution in [2.45, 2.75) is 85.7 Å². The van der Waals surface area contributed by atoms with Gasteiger partial charge >= 0.3 is 0 Å². The van der Waals surface area contributed by atoms with Crippen LogP contribution in [-0.2, 0) is 12.8 Å². The van der Waals surface area contributed by atoms with Gasteiger partial charge in [-0.05, 0) is 91.0 Å². The van der Waals surface area contributed by atoms with E-state index in [4.69, 9.17) is 0 Å². The third kappa shape index (κ3) is 5.44. The SMILES string of the molecule is CCC(CCc1ccc(CC(C)(C)C(O)CC)c(C)c1)c1cc(C)cs1. The van der Waals surface area contributed by atoms with Crippen LogP contribution in [0.3, 0.4) is 0 Å². The maximum atomic E-state index is 10.3. The number of hydrogen-bond acceptors (Lipinski definition) is 2. The molecule has 1 heterocycles. The first-order valence-corrected chi connectivity index (χ1v) is 11.0. The average molecular weight is 373 g/mol. The molecule has 1 N–H and O–H groups in total. The first-order chi connectivity index (χ1) is 12.3. The van der Waals surface area contributed by atoms with Gasteiger partial charge in [-0.15, -0.1) is 11.3 Å². The van der Waals surface area contributed by atoms with E-state index in [0.717, 1.165) is 19.3 Å². The lowest BCUT2D eigenvalue weighted by Gasteiger charge is -2.30. The lowest BCUT2D eigenvalue weighted by Crippen LogP contribution is -2.31. The minimum Gasteiger partial charge on any atom is -0.393 e. The van der Waals surface area contributed by atoms with Gasteiger partial charge in [0, 0.05) is 4.88 Å². The summed E-state index contributed by atoms with van der Waals surface area (Å²) in [5.74, 6) is 0.673. The molecule has 1 nitrogen and oxygen atoms in total. The molecule has 1 aromatic carbocycles. The molecule has 2 unspecified atom stereocenters. The van der Waals surface area contributed by atoms with Crippen LogP contribution in [-0.4, -0.2) is 11.2 Å². The van der Waals surface area contributed by atoms with Gasteiger partial charge in [-0.3, -0.25) is 0 Å². The smallest absolute Gasteiger partial charge is 0.0591 e. The average Bonchev–Trinajstić information content (AvgIpc) is 3.03. The highest BCUT2D eigenvalue weighted by Crippen LogP contribution is 2.32. The fourth-order valence-electron chi connectivity index (χ4n) is 3.83. The summed E-state index contributed by atoms with van der Waals surface area (Å²) < 4.78 is 0. The van der Waals surface area contributed by atoms with E-state index in [0.29, 0.717) is 5.92 Å². The molecule has 0 saturated carbocycles. The molecule has 0 bridgehead atoms. The van der Waals surface area contributed by atoms with Crippen LogP contribution in [0.1, 0.15) is 80.0 Å². The van der Waals surface area contributed by atoms with Crippen LogP contribution in [0.4, 0.5) is 0 Å². The number of benzene rings is 1. The number of thiophene rings is 1. The monoisotopic (exact) mass is 372 g/mol. The van der Waals surface area contributed by atoms with Gasteiger partial charge in [-0.25, -0.2) is 0 Å². The van der Waals surface area contributed by atoms with Gasteiger partial charge in [0.2, 0.25) is 0 Å². The molecule has 2 heteroatoms. The Balaban J connectivity index is 2.02. The van der Waals surface area contributed by atoms with Crippen molar-refractivity contribution >= 4 is 11.3 Å². The van der Waals surface area contributed by atoms with Gasteiger partial charge in [0.05, 0.1) is 6.10 Å². The molecule has 0 aliphatic carbocycles. The quantitative estimate of drug-likeness (QED) is 0.511. The van der Waals surface area contributed by atoms with Gasteiger partial charge in [-0.2, -0.15) is 0 Å². The number of hydrogen-bond donors (Lipinski definition) is 1. The van der Waals surface area contributed by atoms with Gasteiger partial charge in [0.25, 0.3) is 0 Å². The minimum atomic E-state index is -0.249. The number of aliphatic hydroxyl groups excluding tert-OH is 1. The third-order valence-corrected chi connectivity index (χ3v) is 6.98. The summed E-state index contributed by atoms with van der Waals surface area (Å²) in [5, 5.41) is 12.5. The van der Waals surface area contributed by atoms with Crippen molar-refractivity contribution in [3.8, 4) is 0 Å². The summed E-state index contributed by atoms with van der Waals surface area (Å²) >= 11 is 1.91. The van der Waals surface area contributed by atoms with Crippen LogP contribution in [0.25, 0.3) is 0 Å². The van der Waals surface area contributed by atoms with Crippen molar-refractivity contribution in [2.75, 3.05) is 0 Å². The Morgan fingerprint density at radius 3 is 2.35 bits per heavy atom. The van der Waals surface area contributed by atoms with Crippen molar-refractivity contribution in [3.63, 3.8) is 0 Å². The van der Waals surface area contributed by atoms with Crippen LogP contribution in [0.2, 0.25) is 0 Å². The molecular weight excluding hydrogens is 336 g/mol. The predicted molar refractivity (Wildman–Crippen MR) is 115 cm³/mol. The summed E-state index contributed by atoms with van der Waals surface area (Å²) in [6, 6.07) is 9.29. The van der Waals surface area contributed by atoms with Crippen LogP contribution in [0.5, 0.6) is 0 Å². The van der Waals surface area contributed by atoms with Gasteiger partial charge in [0.15, 0.2) is 0 Å². The standard InChI is InChI=1S/C24H36OS/c1-7-20(22-13-17(3)16-26-22)11-9-19-10-12-21(18(4)14-19)15-24(5,6)23(25)8-2/h10,12-14,16,20,23,25H,7-9,11,15H2,1-6H3. The number of aryl methyl sites for hydroxylation is 3. The molecular formula is C24H36OS. The fraction of sp³-hybridized carbons (Fsp3) is 0.583. The van der Waals surface area contributed by atoms with Crippen molar-refractivity contribution in [3.05, 3.63) is 56.8 Å². The van der Waals surface area contributed by atoms with Crippen LogP contribution in [0.15, 0.2) is 29.6 Å². The molecule has 1 aromatic heterocycles. The van der Waals surface area contributed by atoms with Gasteiger partial charge in [0.1, 0.15) is 0 Å². The molecule has 0 aliphatic rings. The molecule has 26 heavy (non-hydrogen) atoms. The minimum absolute atomic E-state index is 0.0780. The second-order valence-electron chi connectivity index (χ2n) is 8.52. The Morgan fingerprint density at radius 1 is 1.08 bits per heavy atom. The zero-order valence-corrected chi connectivity index (χ0v) is 18.2. The molecule has 0 saturated heterocycles. The van der Waals surface area contributed by atoms with Crippen LogP contribution < -0.4 is 0 Å². The normalized spacial score (nSPS) is 14.4. The molecule has 144 valence electrons. The Bertz CT molecular complexity index is 698. The second-order valence-corrected chi connectivity index (χ2v) is 9.46. The lowest BCUT2D eigenvalue weighted by atomic mass is 9.78. The number of aliphatic hydroxyl groups is 1. The molecule has 0 aliphatic heterocycles. The van der Waals surface area contributed by atoms with Crippen molar-refractivity contribution < 1.29 is 5.11 Å². The first kappa shape index (κ1) is 21.2. The maximum absolute atomic E-state index is 10.3. The summed E-state index contributed by atoms with van der Waals surface area (Å²) in [6.07, 6.45) is 5.05. The van der Waals surface area contributed by atoms with Crippen molar-refractivity contribution in [1.82, 2.24) is 0 Å². The van der Waals surface area contributed by atoms with E-state index in [9.17, 15) is 5.11 Å². The lowest BCUT2D eigenvalue weighted by molar-refractivity contribution is 0.0473. The zero-order chi connectivity index (χ0) is 19.3. The highest BCUT2D eigenvalue weighted by atomic mass is 32.1. The molecule has 0 radical (unpaired) electrons. The molecule has 0 amide bonds. The Morgan fingerprint density at radius 2 is 1.81 bits per heavy atom. The highest BCUT2D eigenvalue weighted by molar-refractivity contribution is 7.10. The Hall–Kier alpha value is -1.12. The summed E-state index contributed by atoms with van der Waals surface area (Å²) in [4.78, 5) is 1.54. The van der Waals surface area contributed by atoms with E-state index in [1.165, 1.54) is 40.0 Å². The van der Waals surface area contributed by atoms with Crippen molar-refractivity contribution in [2.24, 2.45) is 5.41 Å². The van der Waals surface area contributed by atoms with Gasteiger partial charge in [-0.1, -0.05) is 45.9 Å². The summed E-state index contributed by atoms with van der Waals surface area (Å²) in [5.41, 5.74) is 5.48. The molecule has 0 fully saturated rings. The van der Waals surface area contributed by atoms with E-state index in [2.05, 4.69) is 71.2 Å². The van der Waals surface area contributed by atoms with E-state index in [1.54, 1.807) is 0 Å². The summed E-state index contributed by atoms with van der Waals surface area (Å²) in [7, 11) is 0. The third-order valence-electron chi connectivity index (χ3n) is 5.77. The summed E-state index contributed by atoms with van der Waals surface area (Å²) in [6.45, 7) is 13.1. The Kier molecular flexibility index (Phi) is 7.49. The largest absolute Gasteiger partial charge is 0.393 e. The molecule has 2 aromatic rings. The number of rotatable bonds is 9. The molecule has 2 atom stereocenters. The van der Waals surface area contributed by atoms with E-state index < -0.39 is 0 Å². The van der Waals surface area contributed by atoms with Crippen molar-refractivity contribution in [1.29, 1.82) is 0 Å². The van der Waals surface area contributed by atoms with E-state index >= 15 is 0 Å². The zero-order valence-electron chi connectivity index (χ0n) is 17.4. The van der Waals surface area contributed by atoms with Crippen LogP contribution in [0, 0.1) is 19.3 Å². The van der Waals surface area contributed by atoms with Gasteiger partial charge < -0.3 is 5.11 Å². The Labute approximate surface area is 164 Å². The topological polar surface area (TPSA) is 20.2 Å². The predicted octanol–water partition coefficient (Wildman–Crippen LogP) is 6.83. The molecule has 0 spiro atoms. The van der Waals surface area contributed by atoms with E-state index in [1.807, 2.05) is 11.3 Å². The second kappa shape index (κ2) is 9.19. The fourth-order valence-corrected chi connectivity index (χ4v) is 4.95. The van der Waals surface area contributed by atoms with Crippen LogP contribution >= 0.6 is 11.3 Å². The maximum Gasteiger partial charge on any atom is 0.0591 e.